The van der Waals surface area contributed by atoms with Crippen LogP contribution in [0, 0.1) is 0 Å². The molecule has 1 heterocycles. The van der Waals surface area contributed by atoms with E-state index >= 15 is 0 Å². The molecule has 5 heteroatoms. The Morgan fingerprint density at radius 2 is 2.25 bits per heavy atom. The Bertz CT molecular complexity index is 536. The summed E-state index contributed by atoms with van der Waals surface area (Å²) in [6.45, 7) is 3.23. The van der Waals surface area contributed by atoms with E-state index in [1.165, 1.54) is 0 Å². The maximum atomic E-state index is 8.27. The van der Waals surface area contributed by atoms with E-state index in [-0.39, 0.29) is 0 Å². The molecule has 0 N–H and O–H groups in total. The van der Waals surface area contributed by atoms with Gasteiger partial charge in [-0.3, -0.25) is 0 Å². The highest BCUT2D eigenvalue weighted by molar-refractivity contribution is 5.75. The molecule has 0 amide bonds. The van der Waals surface area contributed by atoms with Gasteiger partial charge in [-0.2, -0.15) is 0 Å². The van der Waals surface area contributed by atoms with Gasteiger partial charge in [0, 0.05) is 24.4 Å². The van der Waals surface area contributed by atoms with E-state index in [4.69, 9.17) is 5.53 Å². The zero-order valence-electron chi connectivity index (χ0n) is 9.17. The summed E-state index contributed by atoms with van der Waals surface area (Å²) >= 11 is 0. The lowest BCUT2D eigenvalue weighted by molar-refractivity contribution is 0.682. The molecule has 0 aliphatic rings. The maximum absolute atomic E-state index is 8.27. The Balaban J connectivity index is 2.43. The molecule has 82 valence electrons. The van der Waals surface area contributed by atoms with Crippen molar-refractivity contribution in [1.82, 2.24) is 9.55 Å². The molecule has 0 aliphatic heterocycles. The first-order valence-electron chi connectivity index (χ1n) is 5.31. The van der Waals surface area contributed by atoms with Gasteiger partial charge in [0.05, 0.1) is 11.0 Å². The van der Waals surface area contributed by atoms with E-state index in [1.807, 2.05) is 24.3 Å². The molecule has 2 rings (SSSR count). The van der Waals surface area contributed by atoms with Gasteiger partial charge in [0.1, 0.15) is 5.82 Å². The number of rotatable bonds is 4. The van der Waals surface area contributed by atoms with Crippen molar-refractivity contribution in [3.63, 3.8) is 0 Å². The van der Waals surface area contributed by atoms with Crippen LogP contribution in [-0.2, 0) is 13.0 Å². The third kappa shape index (κ3) is 1.85. The summed E-state index contributed by atoms with van der Waals surface area (Å²) < 4.78 is 2.12. The minimum Gasteiger partial charge on any atom is -0.328 e. The third-order valence-electron chi connectivity index (χ3n) is 2.54. The largest absolute Gasteiger partial charge is 0.328 e. The monoisotopic (exact) mass is 215 g/mol. The number of para-hydroxylation sites is 2. The normalized spacial score (nSPS) is 10.3. The van der Waals surface area contributed by atoms with Gasteiger partial charge in [-0.15, -0.1) is 0 Å². The van der Waals surface area contributed by atoms with Gasteiger partial charge < -0.3 is 4.57 Å². The van der Waals surface area contributed by atoms with Crippen LogP contribution >= 0.6 is 0 Å². The predicted molar refractivity (Wildman–Crippen MR) is 63.1 cm³/mol. The first-order chi connectivity index (χ1) is 7.86. The fourth-order valence-electron chi connectivity index (χ4n) is 1.83. The molecule has 5 nitrogen and oxygen atoms in total. The van der Waals surface area contributed by atoms with E-state index in [0.717, 1.165) is 23.3 Å². The third-order valence-corrected chi connectivity index (χ3v) is 2.54. The molecule has 0 spiro atoms. The minimum absolute atomic E-state index is 0.462. The number of hydrogen-bond acceptors (Lipinski definition) is 2. The van der Waals surface area contributed by atoms with Crippen LogP contribution in [0.1, 0.15) is 12.7 Å². The van der Waals surface area contributed by atoms with Crippen LogP contribution in [0.3, 0.4) is 0 Å². The second kappa shape index (κ2) is 4.68. The fraction of sp³-hybridized carbons (Fsp3) is 0.364. The van der Waals surface area contributed by atoms with Crippen LogP contribution in [0.15, 0.2) is 29.4 Å². The molecule has 1 aromatic carbocycles. The number of imidazole rings is 1. The quantitative estimate of drug-likeness (QED) is 0.439. The highest BCUT2D eigenvalue weighted by atomic mass is 15.2. The number of hydrogen-bond donors (Lipinski definition) is 0. The molecule has 1 aromatic heterocycles. The number of nitrogens with zero attached hydrogens (tertiary/aromatic N) is 5. The second-order valence-electron chi connectivity index (χ2n) is 3.48. The van der Waals surface area contributed by atoms with Crippen molar-refractivity contribution in [3.05, 3.63) is 40.5 Å². The highest BCUT2D eigenvalue weighted by Gasteiger charge is 2.07. The average molecular weight is 215 g/mol. The van der Waals surface area contributed by atoms with Gasteiger partial charge in [0.25, 0.3) is 0 Å². The summed E-state index contributed by atoms with van der Waals surface area (Å²) in [7, 11) is 0. The minimum atomic E-state index is 0.462. The Labute approximate surface area is 93.3 Å². The zero-order valence-corrected chi connectivity index (χ0v) is 9.17. The Hall–Kier alpha value is -2.00. The number of benzene rings is 1. The van der Waals surface area contributed by atoms with E-state index in [1.54, 1.807) is 0 Å². The molecule has 0 bridgehead atoms. The van der Waals surface area contributed by atoms with Gasteiger partial charge >= 0.3 is 0 Å². The summed E-state index contributed by atoms with van der Waals surface area (Å²) in [6.07, 6.45) is 0.880. The molecule has 0 unspecified atom stereocenters. The molecule has 16 heavy (non-hydrogen) atoms. The summed E-state index contributed by atoms with van der Waals surface area (Å²) in [5.74, 6) is 1.04. The van der Waals surface area contributed by atoms with Gasteiger partial charge in [-0.05, 0) is 17.7 Å². The maximum Gasteiger partial charge on any atom is 0.109 e. The molecular formula is C11H13N5. The van der Waals surface area contributed by atoms with Crippen molar-refractivity contribution in [1.29, 1.82) is 0 Å². The number of aryl methyl sites for hydroxylation is 1. The molecule has 0 atom stereocenters. The van der Waals surface area contributed by atoms with Crippen LogP contribution in [0.5, 0.6) is 0 Å². The lowest BCUT2D eigenvalue weighted by Crippen LogP contribution is -2.05. The average Bonchev–Trinajstić information content (AvgIpc) is 2.68. The summed E-state index contributed by atoms with van der Waals surface area (Å²) in [6, 6.07) is 8.01. The summed E-state index contributed by atoms with van der Waals surface area (Å²) in [4.78, 5) is 7.30. The van der Waals surface area contributed by atoms with Crippen LogP contribution < -0.4 is 0 Å². The Morgan fingerprint density at radius 3 is 3.00 bits per heavy atom. The molecular weight excluding hydrogens is 202 g/mol. The summed E-state index contributed by atoms with van der Waals surface area (Å²) in [5.41, 5.74) is 10.4. The van der Waals surface area contributed by atoms with E-state index < -0.39 is 0 Å². The Morgan fingerprint density at radius 1 is 1.44 bits per heavy atom. The first-order valence-corrected chi connectivity index (χ1v) is 5.31. The van der Waals surface area contributed by atoms with Crippen LogP contribution in [0.25, 0.3) is 21.5 Å². The van der Waals surface area contributed by atoms with E-state index in [0.29, 0.717) is 13.1 Å². The predicted octanol–water partition coefficient (Wildman–Crippen LogP) is 2.91. The molecule has 0 saturated heterocycles. The highest BCUT2D eigenvalue weighted by Crippen LogP contribution is 2.16. The molecule has 0 fully saturated rings. The number of azide groups is 1. The van der Waals surface area contributed by atoms with Gasteiger partial charge in [-0.1, -0.05) is 24.2 Å². The lowest BCUT2D eigenvalue weighted by atomic mass is 10.3. The Kier molecular flexibility index (Phi) is 3.08. The second-order valence-corrected chi connectivity index (χ2v) is 3.48. The van der Waals surface area contributed by atoms with Crippen molar-refractivity contribution < 1.29 is 0 Å². The van der Waals surface area contributed by atoms with Crippen molar-refractivity contribution in [2.75, 3.05) is 6.54 Å². The first kappa shape index (κ1) is 10.5. The van der Waals surface area contributed by atoms with Crippen molar-refractivity contribution in [2.24, 2.45) is 5.11 Å². The topological polar surface area (TPSA) is 66.6 Å². The van der Waals surface area contributed by atoms with Gasteiger partial charge in [0.2, 0.25) is 0 Å². The summed E-state index contributed by atoms with van der Waals surface area (Å²) in [5, 5.41) is 3.56. The molecule has 0 saturated carbocycles. The zero-order chi connectivity index (χ0) is 11.4. The van der Waals surface area contributed by atoms with E-state index in [2.05, 4.69) is 26.5 Å². The number of aromatic nitrogens is 2. The van der Waals surface area contributed by atoms with Crippen molar-refractivity contribution >= 4 is 11.0 Å². The van der Waals surface area contributed by atoms with Gasteiger partial charge in [0.15, 0.2) is 0 Å². The van der Waals surface area contributed by atoms with Crippen molar-refractivity contribution in [2.45, 2.75) is 19.9 Å². The lowest BCUT2D eigenvalue weighted by Gasteiger charge is -2.04. The molecule has 0 radical (unpaired) electrons. The van der Waals surface area contributed by atoms with Gasteiger partial charge in [-0.25, -0.2) is 4.98 Å². The van der Waals surface area contributed by atoms with E-state index in [9.17, 15) is 0 Å². The smallest absolute Gasteiger partial charge is 0.109 e. The fourth-order valence-corrected chi connectivity index (χ4v) is 1.83. The number of fused-ring (bicyclic) bond motifs is 1. The van der Waals surface area contributed by atoms with Crippen LogP contribution in [-0.4, -0.2) is 16.1 Å². The van der Waals surface area contributed by atoms with Crippen molar-refractivity contribution in [3.8, 4) is 0 Å². The molecule has 0 aliphatic carbocycles. The van der Waals surface area contributed by atoms with Crippen LogP contribution in [0.4, 0.5) is 0 Å². The molecule has 2 aromatic rings. The van der Waals surface area contributed by atoms with Crippen LogP contribution in [0.2, 0.25) is 0 Å². The standard InChI is InChI=1S/C11H13N5/c1-2-11-14-9-5-3-4-6-10(9)16(11)8-7-13-15-12/h3-6H,2,7-8H2,1H3. The SMILES string of the molecule is CCc1nc2ccccc2n1CCN=[N+]=[N-].